The Hall–Kier alpha value is -2.98. The van der Waals surface area contributed by atoms with Crippen molar-refractivity contribution < 1.29 is 20.0 Å². The lowest BCUT2D eigenvalue weighted by atomic mass is 10.1. The van der Waals surface area contributed by atoms with E-state index in [1.54, 1.807) is 21.6 Å². The third kappa shape index (κ3) is 9.44. The van der Waals surface area contributed by atoms with Crippen LogP contribution in [0.2, 0.25) is 0 Å². The molecule has 0 heterocycles. The standard InChI is InChI=1S/C22H26N4O4S2/c27-21(19(25-29)15-17-7-3-1-4-8-17)23-11-13-31-32-14-12-24-22(28)20(26-30)16-18-9-5-2-6-10-18/h1-10,29-30H,11-16H2,(H,23,27)(H,24,28)/b25-19-,26-20+. The van der Waals surface area contributed by atoms with Gasteiger partial charge in [0.25, 0.3) is 11.8 Å². The van der Waals surface area contributed by atoms with Gasteiger partial charge in [0, 0.05) is 37.4 Å². The molecule has 0 saturated carbocycles. The van der Waals surface area contributed by atoms with Gasteiger partial charge in [-0.05, 0) is 11.1 Å². The van der Waals surface area contributed by atoms with Gasteiger partial charge >= 0.3 is 0 Å². The minimum atomic E-state index is -0.400. The lowest BCUT2D eigenvalue weighted by molar-refractivity contribution is -0.115. The average Bonchev–Trinajstić information content (AvgIpc) is 2.83. The number of hydrogen-bond acceptors (Lipinski definition) is 8. The van der Waals surface area contributed by atoms with Crippen molar-refractivity contribution in [2.24, 2.45) is 10.3 Å². The molecule has 0 aromatic heterocycles. The number of carbonyl (C=O) groups excluding carboxylic acids is 2. The minimum absolute atomic E-state index is 0.0634. The van der Waals surface area contributed by atoms with Crippen LogP contribution in [0.25, 0.3) is 0 Å². The van der Waals surface area contributed by atoms with Gasteiger partial charge in [0.05, 0.1) is 0 Å². The van der Waals surface area contributed by atoms with E-state index in [1.807, 2.05) is 60.7 Å². The van der Waals surface area contributed by atoms with Gasteiger partial charge in [-0.2, -0.15) is 0 Å². The minimum Gasteiger partial charge on any atom is -0.410 e. The van der Waals surface area contributed by atoms with E-state index < -0.39 is 11.8 Å². The summed E-state index contributed by atoms with van der Waals surface area (Å²) in [5, 5.41) is 29.9. The summed E-state index contributed by atoms with van der Waals surface area (Å²) in [6.45, 7) is 0.851. The summed E-state index contributed by atoms with van der Waals surface area (Å²) in [7, 11) is 3.11. The Morgan fingerprint density at radius 2 is 1.06 bits per heavy atom. The van der Waals surface area contributed by atoms with Crippen LogP contribution >= 0.6 is 21.6 Å². The van der Waals surface area contributed by atoms with Crippen LogP contribution in [-0.4, -0.2) is 58.2 Å². The van der Waals surface area contributed by atoms with E-state index in [1.165, 1.54) is 0 Å². The summed E-state index contributed by atoms with van der Waals surface area (Å²) in [6.07, 6.45) is 0.516. The molecule has 0 bridgehead atoms. The number of nitrogens with zero attached hydrogens (tertiary/aromatic N) is 2. The molecule has 4 N–H and O–H groups in total. The molecule has 10 heteroatoms. The quantitative estimate of drug-likeness (QED) is 0.116. The first-order chi connectivity index (χ1) is 15.6. The number of nitrogens with one attached hydrogen (secondary N) is 2. The smallest absolute Gasteiger partial charge is 0.269 e. The summed E-state index contributed by atoms with van der Waals surface area (Å²) >= 11 is 0. The second-order valence-corrected chi connectivity index (χ2v) is 9.28. The zero-order chi connectivity index (χ0) is 23.0. The molecule has 32 heavy (non-hydrogen) atoms. The Labute approximate surface area is 194 Å². The van der Waals surface area contributed by atoms with E-state index in [4.69, 9.17) is 10.4 Å². The van der Waals surface area contributed by atoms with Crippen LogP contribution in [0, 0.1) is 0 Å². The Balaban J connectivity index is 1.56. The molecule has 8 nitrogen and oxygen atoms in total. The van der Waals surface area contributed by atoms with Gasteiger partial charge in [-0.15, -0.1) is 0 Å². The molecule has 2 amide bonds. The SMILES string of the molecule is O=C(NCCSSCCNC(=O)/C(Cc1ccccc1)=N/O)/C(Cc1ccccc1)=N\O. The highest BCUT2D eigenvalue weighted by molar-refractivity contribution is 8.76. The van der Waals surface area contributed by atoms with Gasteiger partial charge in [0.2, 0.25) is 0 Å². The summed E-state index contributed by atoms with van der Waals surface area (Å²) in [5.74, 6) is 0.518. The molecule has 0 unspecified atom stereocenters. The van der Waals surface area contributed by atoms with Gasteiger partial charge in [-0.3, -0.25) is 9.59 Å². The van der Waals surface area contributed by atoms with E-state index in [0.717, 1.165) is 11.1 Å². The summed E-state index contributed by atoms with van der Waals surface area (Å²) in [5.41, 5.74) is 1.91. The predicted octanol–water partition coefficient (Wildman–Crippen LogP) is 2.75. The predicted molar refractivity (Wildman–Crippen MR) is 130 cm³/mol. The Morgan fingerprint density at radius 1 is 0.688 bits per heavy atom. The van der Waals surface area contributed by atoms with Crippen LogP contribution in [0.4, 0.5) is 0 Å². The highest BCUT2D eigenvalue weighted by atomic mass is 33.1. The van der Waals surface area contributed by atoms with Crippen LogP contribution < -0.4 is 10.6 Å². The molecule has 0 fully saturated rings. The van der Waals surface area contributed by atoms with Crippen LogP contribution in [0.5, 0.6) is 0 Å². The fourth-order valence-corrected chi connectivity index (χ4v) is 4.45. The summed E-state index contributed by atoms with van der Waals surface area (Å²) in [6, 6.07) is 18.6. The zero-order valence-electron chi connectivity index (χ0n) is 17.4. The maximum atomic E-state index is 12.1. The first-order valence-electron chi connectivity index (χ1n) is 9.94. The van der Waals surface area contributed by atoms with Gasteiger partial charge in [-0.1, -0.05) is 92.6 Å². The van der Waals surface area contributed by atoms with Crippen molar-refractivity contribution in [2.75, 3.05) is 24.6 Å². The third-order valence-electron chi connectivity index (χ3n) is 4.22. The summed E-state index contributed by atoms with van der Waals surface area (Å²) in [4.78, 5) is 24.2. The number of carbonyl (C=O) groups is 2. The Morgan fingerprint density at radius 3 is 1.41 bits per heavy atom. The maximum Gasteiger partial charge on any atom is 0.269 e. The van der Waals surface area contributed by atoms with E-state index in [0.29, 0.717) is 24.6 Å². The molecule has 0 saturated heterocycles. The third-order valence-corrected chi connectivity index (χ3v) is 6.63. The molecule has 0 aliphatic rings. The molecule has 2 aromatic carbocycles. The van der Waals surface area contributed by atoms with Gasteiger partial charge < -0.3 is 21.0 Å². The second-order valence-electron chi connectivity index (χ2n) is 6.57. The number of oxime groups is 2. The first-order valence-corrected chi connectivity index (χ1v) is 12.4. The molecule has 2 aromatic rings. The van der Waals surface area contributed by atoms with E-state index in [2.05, 4.69) is 20.9 Å². The molecule has 0 atom stereocenters. The number of benzene rings is 2. The molecule has 0 aliphatic heterocycles. The molecule has 0 radical (unpaired) electrons. The van der Waals surface area contributed by atoms with Crippen molar-refractivity contribution in [3.05, 3.63) is 71.8 Å². The van der Waals surface area contributed by atoms with Crippen LogP contribution in [0.15, 0.2) is 71.0 Å². The Bertz CT molecular complexity index is 833. The van der Waals surface area contributed by atoms with Crippen LogP contribution in [-0.2, 0) is 22.4 Å². The molecular formula is C22H26N4O4S2. The van der Waals surface area contributed by atoms with Crippen molar-refractivity contribution in [1.82, 2.24) is 10.6 Å². The molecule has 0 spiro atoms. The average molecular weight is 475 g/mol. The van der Waals surface area contributed by atoms with Crippen LogP contribution in [0.1, 0.15) is 11.1 Å². The Kier molecular flexibility index (Phi) is 11.8. The fraction of sp³-hybridized carbons (Fsp3) is 0.273. The lowest BCUT2D eigenvalue weighted by Crippen LogP contribution is -2.34. The second kappa shape index (κ2) is 14.9. The van der Waals surface area contributed by atoms with Crippen LogP contribution in [0.3, 0.4) is 0 Å². The fourth-order valence-electron chi connectivity index (χ4n) is 2.63. The van der Waals surface area contributed by atoms with Crippen molar-refractivity contribution in [3.63, 3.8) is 0 Å². The number of amides is 2. The highest BCUT2D eigenvalue weighted by Gasteiger charge is 2.13. The molecular weight excluding hydrogens is 448 g/mol. The van der Waals surface area contributed by atoms with Crippen molar-refractivity contribution in [2.45, 2.75) is 12.8 Å². The molecule has 170 valence electrons. The lowest BCUT2D eigenvalue weighted by Gasteiger charge is -2.08. The van der Waals surface area contributed by atoms with Crippen molar-refractivity contribution >= 4 is 44.8 Å². The van der Waals surface area contributed by atoms with Gasteiger partial charge in [0.1, 0.15) is 11.4 Å². The highest BCUT2D eigenvalue weighted by Crippen LogP contribution is 2.19. The first kappa shape index (κ1) is 25.3. The van der Waals surface area contributed by atoms with E-state index in [-0.39, 0.29) is 24.3 Å². The molecule has 0 aliphatic carbocycles. The van der Waals surface area contributed by atoms with Crippen molar-refractivity contribution in [1.29, 1.82) is 0 Å². The van der Waals surface area contributed by atoms with Gasteiger partial charge in [0.15, 0.2) is 0 Å². The maximum absolute atomic E-state index is 12.1. The van der Waals surface area contributed by atoms with Gasteiger partial charge in [-0.25, -0.2) is 0 Å². The van der Waals surface area contributed by atoms with E-state index in [9.17, 15) is 9.59 Å². The zero-order valence-corrected chi connectivity index (χ0v) is 19.1. The number of hydrogen-bond donors (Lipinski definition) is 4. The number of rotatable bonds is 13. The monoisotopic (exact) mass is 474 g/mol. The topological polar surface area (TPSA) is 123 Å². The summed E-state index contributed by atoms with van der Waals surface area (Å²) < 4.78 is 0. The normalized spacial score (nSPS) is 11.8. The molecule has 2 rings (SSSR count). The largest absolute Gasteiger partial charge is 0.410 e. The van der Waals surface area contributed by atoms with Crippen molar-refractivity contribution in [3.8, 4) is 0 Å². The van der Waals surface area contributed by atoms with E-state index >= 15 is 0 Å².